The molecule has 0 atom stereocenters. The molecule has 5 N–H and O–H groups in total. The first-order chi connectivity index (χ1) is 10.0. The highest BCUT2D eigenvalue weighted by atomic mass is 79.9. The van der Waals surface area contributed by atoms with Crippen LogP contribution in [0.2, 0.25) is 0 Å². The Kier molecular flexibility index (Phi) is 5.69. The van der Waals surface area contributed by atoms with Gasteiger partial charge in [-0.05, 0) is 51.8 Å². The van der Waals surface area contributed by atoms with Crippen LogP contribution < -0.4 is 17.0 Å². The molecular weight excluding hydrogens is 418 g/mol. The van der Waals surface area contributed by atoms with E-state index in [1.807, 2.05) is 24.3 Å². The molecule has 4 nitrogen and oxygen atoms in total. The average molecular weight is 431 g/mol. The smallest absolute Gasteiger partial charge is 0.265 e. The van der Waals surface area contributed by atoms with E-state index in [2.05, 4.69) is 37.3 Å². The zero-order valence-electron chi connectivity index (χ0n) is 10.9. The monoisotopic (exact) mass is 429 g/mol. The summed E-state index contributed by atoms with van der Waals surface area (Å²) < 4.78 is 1.85. The Bertz CT molecular complexity index is 679. The Balaban J connectivity index is 2.11. The SMILES string of the molecule is NNC(=O)c1ccc(CSc2ccc(N)cc2Br)c(Br)c1. The van der Waals surface area contributed by atoms with Gasteiger partial charge in [-0.3, -0.25) is 10.2 Å². The lowest BCUT2D eigenvalue weighted by Gasteiger charge is -2.08. The van der Waals surface area contributed by atoms with Gasteiger partial charge < -0.3 is 5.73 Å². The summed E-state index contributed by atoms with van der Waals surface area (Å²) in [7, 11) is 0. The van der Waals surface area contributed by atoms with Gasteiger partial charge in [0.25, 0.3) is 5.91 Å². The molecule has 0 saturated carbocycles. The van der Waals surface area contributed by atoms with Crippen LogP contribution in [0.3, 0.4) is 0 Å². The van der Waals surface area contributed by atoms with E-state index in [0.717, 1.165) is 30.8 Å². The summed E-state index contributed by atoms with van der Waals surface area (Å²) in [4.78, 5) is 12.6. The Morgan fingerprint density at radius 1 is 1.14 bits per heavy atom. The lowest BCUT2D eigenvalue weighted by Crippen LogP contribution is -2.29. The highest BCUT2D eigenvalue weighted by molar-refractivity contribution is 9.10. The van der Waals surface area contributed by atoms with E-state index in [0.29, 0.717) is 5.56 Å². The quantitative estimate of drug-likeness (QED) is 0.227. The summed E-state index contributed by atoms with van der Waals surface area (Å²) in [6, 6.07) is 11.2. The Hall–Kier alpha value is -1.02. The number of halogens is 2. The molecule has 2 aromatic rings. The van der Waals surface area contributed by atoms with Crippen LogP contribution in [0.1, 0.15) is 15.9 Å². The molecule has 1 amide bonds. The first-order valence-electron chi connectivity index (χ1n) is 5.98. The molecule has 0 aliphatic carbocycles. The number of nitrogen functional groups attached to an aromatic ring is 2. The van der Waals surface area contributed by atoms with Crippen molar-refractivity contribution in [2.24, 2.45) is 5.84 Å². The standard InChI is InChI=1S/C14H13Br2N3OS/c15-11-5-8(14(20)19-18)1-2-9(11)7-21-13-4-3-10(17)6-12(13)16/h1-6H,7,17-18H2,(H,19,20). The molecule has 0 aromatic heterocycles. The van der Waals surface area contributed by atoms with E-state index in [9.17, 15) is 4.79 Å². The molecule has 7 heteroatoms. The van der Waals surface area contributed by atoms with Crippen LogP contribution in [-0.2, 0) is 5.75 Å². The van der Waals surface area contributed by atoms with Crippen molar-refractivity contribution in [3.63, 3.8) is 0 Å². The van der Waals surface area contributed by atoms with Crippen molar-refractivity contribution in [3.05, 3.63) is 56.5 Å². The number of rotatable bonds is 4. The molecular formula is C14H13Br2N3OS. The second-order valence-electron chi connectivity index (χ2n) is 4.26. The van der Waals surface area contributed by atoms with Crippen LogP contribution in [0.15, 0.2) is 50.2 Å². The molecule has 0 spiro atoms. The predicted octanol–water partition coefficient (Wildman–Crippen LogP) is 3.69. The molecule has 0 saturated heterocycles. The molecule has 0 aliphatic heterocycles. The van der Waals surface area contributed by atoms with Crippen molar-refractivity contribution in [1.82, 2.24) is 5.43 Å². The van der Waals surface area contributed by atoms with Crippen molar-refractivity contribution in [2.45, 2.75) is 10.6 Å². The second kappa shape index (κ2) is 7.31. The van der Waals surface area contributed by atoms with Crippen LogP contribution in [0.25, 0.3) is 0 Å². The van der Waals surface area contributed by atoms with Gasteiger partial charge >= 0.3 is 0 Å². The first kappa shape index (κ1) is 16.4. The molecule has 2 aromatic carbocycles. The van der Waals surface area contributed by atoms with E-state index in [1.165, 1.54) is 0 Å². The Labute approximate surface area is 143 Å². The van der Waals surface area contributed by atoms with Gasteiger partial charge in [-0.1, -0.05) is 22.0 Å². The normalized spacial score (nSPS) is 10.4. The van der Waals surface area contributed by atoms with Crippen LogP contribution in [0, 0.1) is 0 Å². The van der Waals surface area contributed by atoms with Crippen molar-refractivity contribution in [3.8, 4) is 0 Å². The topological polar surface area (TPSA) is 81.1 Å². The maximum Gasteiger partial charge on any atom is 0.265 e. The molecule has 2 rings (SSSR count). The summed E-state index contributed by atoms with van der Waals surface area (Å²) in [6.45, 7) is 0. The molecule has 0 bridgehead atoms. The fourth-order valence-electron chi connectivity index (χ4n) is 1.68. The minimum atomic E-state index is -0.309. The number of anilines is 1. The van der Waals surface area contributed by atoms with Gasteiger partial charge in [0, 0.05) is 30.8 Å². The Morgan fingerprint density at radius 2 is 1.90 bits per heavy atom. The number of thioether (sulfide) groups is 1. The van der Waals surface area contributed by atoms with E-state index in [-0.39, 0.29) is 5.91 Å². The maximum absolute atomic E-state index is 11.5. The number of hydrogen-bond donors (Lipinski definition) is 3. The summed E-state index contributed by atoms with van der Waals surface area (Å²) in [5.74, 6) is 5.58. The third-order valence-electron chi connectivity index (χ3n) is 2.79. The predicted molar refractivity (Wildman–Crippen MR) is 93.9 cm³/mol. The van der Waals surface area contributed by atoms with Gasteiger partial charge in [0.05, 0.1) is 0 Å². The molecule has 0 heterocycles. The maximum atomic E-state index is 11.5. The lowest BCUT2D eigenvalue weighted by atomic mass is 10.1. The van der Waals surface area contributed by atoms with Crippen LogP contribution in [0.5, 0.6) is 0 Å². The molecule has 0 aliphatic rings. The number of carbonyl (C=O) groups is 1. The molecule has 0 fully saturated rings. The van der Waals surface area contributed by atoms with Gasteiger partial charge in [-0.25, -0.2) is 5.84 Å². The zero-order valence-corrected chi connectivity index (χ0v) is 14.9. The summed E-state index contributed by atoms with van der Waals surface area (Å²) >= 11 is 8.67. The van der Waals surface area contributed by atoms with Crippen LogP contribution in [-0.4, -0.2) is 5.91 Å². The number of nitrogens with one attached hydrogen (secondary N) is 1. The number of benzene rings is 2. The van der Waals surface area contributed by atoms with E-state index in [4.69, 9.17) is 11.6 Å². The van der Waals surface area contributed by atoms with Gasteiger partial charge in [0.15, 0.2) is 0 Å². The highest BCUT2D eigenvalue weighted by Gasteiger charge is 2.08. The second-order valence-corrected chi connectivity index (χ2v) is 6.98. The number of nitrogens with two attached hydrogens (primary N) is 2. The zero-order chi connectivity index (χ0) is 15.4. The van der Waals surface area contributed by atoms with E-state index < -0.39 is 0 Å². The summed E-state index contributed by atoms with van der Waals surface area (Å²) in [6.07, 6.45) is 0. The van der Waals surface area contributed by atoms with Crippen molar-refractivity contribution < 1.29 is 4.79 Å². The number of hydrogen-bond acceptors (Lipinski definition) is 4. The Morgan fingerprint density at radius 3 is 2.52 bits per heavy atom. The fourth-order valence-corrected chi connectivity index (χ4v) is 4.05. The van der Waals surface area contributed by atoms with E-state index in [1.54, 1.807) is 23.9 Å². The molecule has 21 heavy (non-hydrogen) atoms. The summed E-state index contributed by atoms with van der Waals surface area (Å²) in [5.41, 5.74) is 10.2. The minimum absolute atomic E-state index is 0.309. The van der Waals surface area contributed by atoms with E-state index >= 15 is 0 Å². The van der Waals surface area contributed by atoms with Crippen molar-refractivity contribution >= 4 is 55.2 Å². The number of amides is 1. The van der Waals surface area contributed by atoms with Gasteiger partial charge in [0.1, 0.15) is 0 Å². The van der Waals surface area contributed by atoms with Crippen molar-refractivity contribution in [2.75, 3.05) is 5.73 Å². The minimum Gasteiger partial charge on any atom is -0.399 e. The largest absolute Gasteiger partial charge is 0.399 e. The van der Waals surface area contributed by atoms with Crippen LogP contribution in [0.4, 0.5) is 5.69 Å². The molecule has 110 valence electrons. The van der Waals surface area contributed by atoms with Crippen molar-refractivity contribution in [1.29, 1.82) is 0 Å². The lowest BCUT2D eigenvalue weighted by molar-refractivity contribution is 0.0953. The van der Waals surface area contributed by atoms with Gasteiger partial charge in [-0.15, -0.1) is 11.8 Å². The molecule has 0 unspecified atom stereocenters. The van der Waals surface area contributed by atoms with Gasteiger partial charge in [0.2, 0.25) is 0 Å². The number of hydrazine groups is 1. The highest BCUT2D eigenvalue weighted by Crippen LogP contribution is 2.33. The van der Waals surface area contributed by atoms with Crippen LogP contribution >= 0.6 is 43.6 Å². The fraction of sp³-hybridized carbons (Fsp3) is 0.0714. The third-order valence-corrected chi connectivity index (χ3v) is 5.56. The van der Waals surface area contributed by atoms with Gasteiger partial charge in [-0.2, -0.15) is 0 Å². The third kappa shape index (κ3) is 4.23. The summed E-state index contributed by atoms with van der Waals surface area (Å²) in [5, 5.41) is 0. The molecule has 0 radical (unpaired) electrons. The first-order valence-corrected chi connectivity index (χ1v) is 8.55. The number of carbonyl (C=O) groups excluding carboxylic acids is 1. The average Bonchev–Trinajstić information content (AvgIpc) is 2.46.